The normalized spacial score (nSPS) is 22.6. The summed E-state index contributed by atoms with van der Waals surface area (Å²) >= 11 is 0. The summed E-state index contributed by atoms with van der Waals surface area (Å²) < 4.78 is 0. The quantitative estimate of drug-likeness (QED) is 0.403. The Labute approximate surface area is 200 Å². The highest BCUT2D eigenvalue weighted by Gasteiger charge is 2.39. The molecule has 2 aliphatic heterocycles. The molecule has 3 rings (SSSR count). The van der Waals surface area contributed by atoms with Crippen molar-refractivity contribution in [3.05, 3.63) is 35.9 Å². The molecule has 3 amide bonds. The van der Waals surface area contributed by atoms with Gasteiger partial charge in [0.05, 0.1) is 6.04 Å². The van der Waals surface area contributed by atoms with Crippen LogP contribution in [0.5, 0.6) is 0 Å². The highest BCUT2D eigenvalue weighted by Crippen LogP contribution is 2.20. The van der Waals surface area contributed by atoms with Crippen molar-refractivity contribution in [1.82, 2.24) is 20.9 Å². The Morgan fingerprint density at radius 1 is 1.12 bits per heavy atom. The van der Waals surface area contributed by atoms with E-state index in [0.717, 1.165) is 24.9 Å². The molecule has 2 saturated heterocycles. The zero-order chi connectivity index (χ0) is 24.7. The number of hydrogen-bond donors (Lipinski definition) is 4. The van der Waals surface area contributed by atoms with Gasteiger partial charge in [-0.25, -0.2) is 4.79 Å². The molecular weight excluding hydrogens is 436 g/mol. The molecule has 0 bridgehead atoms. The molecule has 5 atom stereocenters. The molecule has 2 heterocycles. The predicted molar refractivity (Wildman–Crippen MR) is 127 cm³/mol. The minimum atomic E-state index is -1.04. The average Bonchev–Trinajstić information content (AvgIpc) is 3.54. The van der Waals surface area contributed by atoms with Crippen LogP contribution in [-0.2, 0) is 25.6 Å². The third kappa shape index (κ3) is 6.34. The molecule has 34 heavy (non-hydrogen) atoms. The van der Waals surface area contributed by atoms with Crippen LogP contribution in [0.15, 0.2) is 30.3 Å². The van der Waals surface area contributed by atoms with E-state index >= 15 is 0 Å². The van der Waals surface area contributed by atoms with Crippen LogP contribution in [0.1, 0.15) is 51.5 Å². The Balaban J connectivity index is 1.79. The number of carboxylic acid groups (broad SMARTS) is 1. The van der Waals surface area contributed by atoms with Gasteiger partial charge in [-0.2, -0.15) is 0 Å². The minimum absolute atomic E-state index is 0.142. The Hall–Kier alpha value is -2.94. The first-order valence-electron chi connectivity index (χ1n) is 12.2. The van der Waals surface area contributed by atoms with Gasteiger partial charge in [0, 0.05) is 13.0 Å². The van der Waals surface area contributed by atoms with Crippen molar-refractivity contribution in [2.75, 3.05) is 13.1 Å². The van der Waals surface area contributed by atoms with Crippen LogP contribution < -0.4 is 16.0 Å². The molecule has 4 N–H and O–H groups in total. The first-order valence-corrected chi connectivity index (χ1v) is 12.2. The number of benzene rings is 1. The summed E-state index contributed by atoms with van der Waals surface area (Å²) in [7, 11) is 0. The fraction of sp³-hybridized carbons (Fsp3) is 0.600. The molecule has 2 fully saturated rings. The molecule has 2 aliphatic rings. The van der Waals surface area contributed by atoms with Crippen LogP contribution in [-0.4, -0.2) is 71.0 Å². The third-order valence-electron chi connectivity index (χ3n) is 6.89. The largest absolute Gasteiger partial charge is 0.480 e. The second kappa shape index (κ2) is 12.0. The molecular formula is C25H36N4O5. The smallest absolute Gasteiger partial charge is 0.326 e. The van der Waals surface area contributed by atoms with Gasteiger partial charge in [-0.3, -0.25) is 14.4 Å². The fourth-order valence-electron chi connectivity index (χ4n) is 4.66. The van der Waals surface area contributed by atoms with Gasteiger partial charge in [0.1, 0.15) is 18.1 Å². The zero-order valence-electron chi connectivity index (χ0n) is 20.0. The van der Waals surface area contributed by atoms with Crippen LogP contribution in [0.4, 0.5) is 0 Å². The van der Waals surface area contributed by atoms with Crippen molar-refractivity contribution in [3.63, 3.8) is 0 Å². The lowest BCUT2D eigenvalue weighted by atomic mass is 9.96. The molecule has 0 radical (unpaired) electrons. The number of nitrogens with one attached hydrogen (secondary N) is 3. The van der Waals surface area contributed by atoms with Gasteiger partial charge in [0.15, 0.2) is 0 Å². The van der Waals surface area contributed by atoms with E-state index in [0.29, 0.717) is 25.8 Å². The lowest BCUT2D eigenvalue weighted by Gasteiger charge is -2.30. The third-order valence-corrected chi connectivity index (χ3v) is 6.89. The van der Waals surface area contributed by atoms with E-state index in [1.807, 2.05) is 44.2 Å². The van der Waals surface area contributed by atoms with E-state index in [4.69, 9.17) is 0 Å². The van der Waals surface area contributed by atoms with Crippen molar-refractivity contribution in [2.24, 2.45) is 5.92 Å². The monoisotopic (exact) mass is 472 g/mol. The first-order chi connectivity index (χ1) is 16.3. The van der Waals surface area contributed by atoms with Crippen molar-refractivity contribution >= 4 is 23.7 Å². The highest BCUT2D eigenvalue weighted by molar-refractivity contribution is 5.94. The number of hydrogen-bond acceptors (Lipinski definition) is 5. The number of nitrogens with zero attached hydrogens (tertiary/aromatic N) is 1. The minimum Gasteiger partial charge on any atom is -0.480 e. The molecule has 1 aromatic carbocycles. The Bertz CT molecular complexity index is 871. The van der Waals surface area contributed by atoms with Crippen molar-refractivity contribution in [1.29, 1.82) is 0 Å². The molecule has 0 aromatic heterocycles. The maximum absolute atomic E-state index is 13.4. The Kier molecular flexibility index (Phi) is 9.04. The summed E-state index contributed by atoms with van der Waals surface area (Å²) in [6, 6.07) is 6.38. The molecule has 0 spiro atoms. The summed E-state index contributed by atoms with van der Waals surface area (Å²) in [4.78, 5) is 52.6. The van der Waals surface area contributed by atoms with Gasteiger partial charge in [-0.05, 0) is 43.7 Å². The van der Waals surface area contributed by atoms with Crippen molar-refractivity contribution in [3.8, 4) is 0 Å². The molecule has 9 heteroatoms. The standard InChI is InChI=1S/C25H36N4O5/c1-3-16(2)21(28-22(30)18-11-7-13-26-18)23(31)27-19(15-17-9-5-4-6-10-17)24(32)29-14-8-12-20(29)25(33)34/h4-6,9-10,16,18-21,26H,3,7-8,11-15H2,1-2H3,(H,27,31)(H,28,30)(H,33,34). The van der Waals surface area contributed by atoms with Crippen LogP contribution in [0.25, 0.3) is 0 Å². The second-order valence-electron chi connectivity index (χ2n) is 9.30. The predicted octanol–water partition coefficient (Wildman–Crippen LogP) is 1.07. The van der Waals surface area contributed by atoms with E-state index in [1.54, 1.807) is 0 Å². The lowest BCUT2D eigenvalue weighted by Crippen LogP contribution is -2.59. The van der Waals surface area contributed by atoms with E-state index in [1.165, 1.54) is 4.90 Å². The Morgan fingerprint density at radius 3 is 2.47 bits per heavy atom. The highest BCUT2D eigenvalue weighted by atomic mass is 16.4. The fourth-order valence-corrected chi connectivity index (χ4v) is 4.66. The van der Waals surface area contributed by atoms with Gasteiger partial charge in [0.25, 0.3) is 0 Å². The van der Waals surface area contributed by atoms with Crippen LogP contribution in [0, 0.1) is 5.92 Å². The van der Waals surface area contributed by atoms with Crippen LogP contribution in [0.2, 0.25) is 0 Å². The average molecular weight is 473 g/mol. The summed E-state index contributed by atoms with van der Waals surface area (Å²) in [5.74, 6) is -2.23. The Morgan fingerprint density at radius 2 is 1.85 bits per heavy atom. The topological polar surface area (TPSA) is 128 Å². The van der Waals surface area contributed by atoms with E-state index in [2.05, 4.69) is 16.0 Å². The van der Waals surface area contributed by atoms with Gasteiger partial charge < -0.3 is 26.0 Å². The maximum Gasteiger partial charge on any atom is 0.326 e. The van der Waals surface area contributed by atoms with Gasteiger partial charge in [-0.1, -0.05) is 50.6 Å². The van der Waals surface area contributed by atoms with E-state index < -0.39 is 35.9 Å². The molecule has 0 aliphatic carbocycles. The maximum atomic E-state index is 13.4. The van der Waals surface area contributed by atoms with Gasteiger partial charge >= 0.3 is 5.97 Å². The molecule has 186 valence electrons. The molecule has 1 aromatic rings. The molecule has 5 unspecified atom stereocenters. The lowest BCUT2D eigenvalue weighted by molar-refractivity contribution is -0.149. The zero-order valence-corrected chi connectivity index (χ0v) is 20.0. The number of likely N-dealkylation sites (tertiary alicyclic amines) is 1. The summed E-state index contributed by atoms with van der Waals surface area (Å²) in [6.45, 7) is 4.95. The van der Waals surface area contributed by atoms with Crippen LogP contribution in [0.3, 0.4) is 0 Å². The van der Waals surface area contributed by atoms with Gasteiger partial charge in [-0.15, -0.1) is 0 Å². The summed E-state index contributed by atoms with van der Waals surface area (Å²) in [5, 5.41) is 18.4. The SMILES string of the molecule is CCC(C)C(NC(=O)C1CCCN1)C(=O)NC(Cc1ccccc1)C(=O)N1CCCC1C(=O)O. The molecule has 0 saturated carbocycles. The number of carbonyl (C=O) groups is 4. The van der Waals surface area contributed by atoms with E-state index in [-0.39, 0.29) is 24.3 Å². The number of aliphatic carboxylic acids is 1. The number of amides is 3. The first kappa shape index (κ1) is 25.7. The van der Waals surface area contributed by atoms with Crippen LogP contribution >= 0.6 is 0 Å². The number of carboxylic acids is 1. The second-order valence-corrected chi connectivity index (χ2v) is 9.30. The van der Waals surface area contributed by atoms with Gasteiger partial charge in [0.2, 0.25) is 17.7 Å². The van der Waals surface area contributed by atoms with E-state index in [9.17, 15) is 24.3 Å². The molecule has 9 nitrogen and oxygen atoms in total. The number of rotatable bonds is 10. The van der Waals surface area contributed by atoms with Crippen molar-refractivity contribution < 1.29 is 24.3 Å². The number of carbonyl (C=O) groups excluding carboxylic acids is 3. The van der Waals surface area contributed by atoms with Crippen molar-refractivity contribution in [2.45, 2.75) is 76.5 Å². The summed E-state index contributed by atoms with van der Waals surface area (Å²) in [6.07, 6.45) is 3.54. The summed E-state index contributed by atoms with van der Waals surface area (Å²) in [5.41, 5.74) is 0.853.